The minimum Gasteiger partial charge on any atom is -0.383 e. The first-order valence-corrected chi connectivity index (χ1v) is 6.07. The molecule has 0 aromatic carbocycles. The van der Waals surface area contributed by atoms with Gasteiger partial charge in [0.25, 0.3) is 0 Å². The van der Waals surface area contributed by atoms with E-state index in [9.17, 15) is 0 Å². The lowest BCUT2D eigenvalue weighted by molar-refractivity contribution is 0.0786. The Hall–Kier alpha value is -0.120. The molecule has 15 heavy (non-hydrogen) atoms. The average molecular weight is 214 g/mol. The Labute approximate surface area is 94.2 Å². The van der Waals surface area contributed by atoms with E-state index >= 15 is 0 Å². The van der Waals surface area contributed by atoms with Crippen LogP contribution in [0.25, 0.3) is 0 Å². The van der Waals surface area contributed by atoms with Crippen LogP contribution in [0.15, 0.2) is 0 Å². The fraction of sp³-hybridized carbons (Fsp3) is 1.00. The highest BCUT2D eigenvalue weighted by atomic mass is 16.5. The zero-order valence-electron chi connectivity index (χ0n) is 10.7. The summed E-state index contributed by atoms with van der Waals surface area (Å²) in [6, 6.07) is 0.578. The Bertz CT molecular complexity index is 182. The minimum atomic E-state index is 0.234. The third-order valence-electron chi connectivity index (χ3n) is 3.17. The molecular weight excluding hydrogens is 188 g/mol. The van der Waals surface area contributed by atoms with Gasteiger partial charge in [0.1, 0.15) is 0 Å². The highest BCUT2D eigenvalue weighted by Gasteiger charge is 2.27. The second-order valence-electron chi connectivity index (χ2n) is 5.15. The first kappa shape index (κ1) is 12.9. The summed E-state index contributed by atoms with van der Waals surface area (Å²) in [5.74, 6) is 0. The number of hydrogen-bond donors (Lipinski definition) is 1. The molecule has 1 fully saturated rings. The molecule has 1 unspecified atom stereocenters. The minimum absolute atomic E-state index is 0.234. The van der Waals surface area contributed by atoms with Crippen molar-refractivity contribution in [3.8, 4) is 0 Å². The second-order valence-corrected chi connectivity index (χ2v) is 5.15. The van der Waals surface area contributed by atoms with E-state index in [2.05, 4.69) is 31.0 Å². The van der Waals surface area contributed by atoms with E-state index in [-0.39, 0.29) is 5.54 Å². The summed E-state index contributed by atoms with van der Waals surface area (Å²) in [4.78, 5) is 2.57. The van der Waals surface area contributed by atoms with Gasteiger partial charge in [0.15, 0.2) is 0 Å². The summed E-state index contributed by atoms with van der Waals surface area (Å²) < 4.78 is 5.29. The summed E-state index contributed by atoms with van der Waals surface area (Å²) >= 11 is 0. The third kappa shape index (κ3) is 4.09. The molecule has 0 bridgehead atoms. The molecule has 1 rings (SSSR count). The second kappa shape index (κ2) is 5.83. The monoisotopic (exact) mass is 214 g/mol. The standard InChI is InChI=1S/C12H26N2O/c1-5-11(9-15-4)14-8-6-7-13-12(2,3)10-14/h11,13H,5-10H2,1-4H3. The summed E-state index contributed by atoms with van der Waals surface area (Å²) in [7, 11) is 1.80. The first-order valence-electron chi connectivity index (χ1n) is 6.07. The molecular formula is C12H26N2O. The van der Waals surface area contributed by atoms with Crippen LogP contribution >= 0.6 is 0 Å². The molecule has 1 saturated heterocycles. The molecule has 1 atom stereocenters. The number of nitrogens with one attached hydrogen (secondary N) is 1. The lowest BCUT2D eigenvalue weighted by Gasteiger charge is -2.35. The molecule has 0 saturated carbocycles. The SMILES string of the molecule is CCC(COC)N1CCCNC(C)(C)C1. The summed E-state index contributed by atoms with van der Waals surface area (Å²) in [6.45, 7) is 11.1. The van der Waals surface area contributed by atoms with E-state index in [1.807, 2.05) is 0 Å². The van der Waals surface area contributed by atoms with Crippen molar-refractivity contribution in [1.29, 1.82) is 0 Å². The van der Waals surface area contributed by atoms with E-state index in [0.717, 1.165) is 19.7 Å². The van der Waals surface area contributed by atoms with Gasteiger partial charge >= 0.3 is 0 Å². The van der Waals surface area contributed by atoms with Crippen LogP contribution in [0, 0.1) is 0 Å². The average Bonchev–Trinajstić information content (AvgIpc) is 2.35. The van der Waals surface area contributed by atoms with E-state index < -0.39 is 0 Å². The van der Waals surface area contributed by atoms with Gasteiger partial charge in [-0.1, -0.05) is 6.92 Å². The predicted molar refractivity (Wildman–Crippen MR) is 64.2 cm³/mol. The van der Waals surface area contributed by atoms with Gasteiger partial charge in [0.2, 0.25) is 0 Å². The number of hydrogen-bond acceptors (Lipinski definition) is 3. The number of methoxy groups -OCH3 is 1. The molecule has 3 nitrogen and oxygen atoms in total. The van der Waals surface area contributed by atoms with E-state index in [1.165, 1.54) is 19.4 Å². The third-order valence-corrected chi connectivity index (χ3v) is 3.17. The lowest BCUT2D eigenvalue weighted by Crippen LogP contribution is -2.50. The molecule has 0 aromatic heterocycles. The Morgan fingerprint density at radius 2 is 2.20 bits per heavy atom. The van der Waals surface area contributed by atoms with Crippen molar-refractivity contribution in [3.05, 3.63) is 0 Å². The number of nitrogens with zero attached hydrogens (tertiary/aromatic N) is 1. The van der Waals surface area contributed by atoms with Gasteiger partial charge < -0.3 is 10.1 Å². The molecule has 0 aliphatic carbocycles. The van der Waals surface area contributed by atoms with Crippen molar-refractivity contribution in [2.45, 2.75) is 45.2 Å². The van der Waals surface area contributed by atoms with Crippen molar-refractivity contribution < 1.29 is 4.74 Å². The smallest absolute Gasteiger partial charge is 0.0617 e. The summed E-state index contributed by atoms with van der Waals surface area (Å²) in [5.41, 5.74) is 0.234. The van der Waals surface area contributed by atoms with Crippen LogP contribution in [0.1, 0.15) is 33.6 Å². The molecule has 0 spiro atoms. The van der Waals surface area contributed by atoms with Gasteiger partial charge in [0.05, 0.1) is 6.61 Å². The van der Waals surface area contributed by atoms with E-state index in [1.54, 1.807) is 7.11 Å². The molecule has 90 valence electrons. The van der Waals surface area contributed by atoms with Gasteiger partial charge in [-0.2, -0.15) is 0 Å². The van der Waals surface area contributed by atoms with E-state index in [0.29, 0.717) is 6.04 Å². The largest absolute Gasteiger partial charge is 0.383 e. The number of ether oxygens (including phenoxy) is 1. The molecule has 1 aliphatic heterocycles. The normalized spacial score (nSPS) is 24.8. The van der Waals surface area contributed by atoms with Crippen LogP contribution in [0.5, 0.6) is 0 Å². The molecule has 1 N–H and O–H groups in total. The van der Waals surface area contributed by atoms with Crippen molar-refractivity contribution in [3.63, 3.8) is 0 Å². The zero-order valence-corrected chi connectivity index (χ0v) is 10.7. The first-order chi connectivity index (χ1) is 7.09. The van der Waals surface area contributed by atoms with Crippen LogP contribution in [0.2, 0.25) is 0 Å². The lowest BCUT2D eigenvalue weighted by atomic mass is 10.0. The fourth-order valence-electron chi connectivity index (χ4n) is 2.34. The molecule has 0 radical (unpaired) electrons. The molecule has 1 aliphatic rings. The van der Waals surface area contributed by atoms with Gasteiger partial charge in [-0.05, 0) is 39.8 Å². The predicted octanol–water partition coefficient (Wildman–Crippen LogP) is 1.49. The Morgan fingerprint density at radius 3 is 2.80 bits per heavy atom. The van der Waals surface area contributed by atoms with Gasteiger partial charge in [-0.3, -0.25) is 4.90 Å². The van der Waals surface area contributed by atoms with Gasteiger partial charge in [-0.25, -0.2) is 0 Å². The van der Waals surface area contributed by atoms with Crippen LogP contribution in [-0.4, -0.2) is 49.8 Å². The Morgan fingerprint density at radius 1 is 1.47 bits per heavy atom. The molecule has 1 heterocycles. The molecule has 0 amide bonds. The van der Waals surface area contributed by atoms with Crippen molar-refractivity contribution in [1.82, 2.24) is 10.2 Å². The maximum Gasteiger partial charge on any atom is 0.0617 e. The zero-order chi connectivity index (χ0) is 11.3. The summed E-state index contributed by atoms with van der Waals surface area (Å²) in [6.07, 6.45) is 2.41. The fourth-order valence-corrected chi connectivity index (χ4v) is 2.34. The summed E-state index contributed by atoms with van der Waals surface area (Å²) in [5, 5.41) is 3.59. The maximum atomic E-state index is 5.29. The molecule has 0 aromatic rings. The maximum absolute atomic E-state index is 5.29. The van der Waals surface area contributed by atoms with Crippen LogP contribution in [0.4, 0.5) is 0 Å². The topological polar surface area (TPSA) is 24.5 Å². The quantitative estimate of drug-likeness (QED) is 0.767. The van der Waals surface area contributed by atoms with Gasteiger partial charge in [0, 0.05) is 25.2 Å². The van der Waals surface area contributed by atoms with E-state index in [4.69, 9.17) is 4.74 Å². The van der Waals surface area contributed by atoms with Crippen LogP contribution in [-0.2, 0) is 4.74 Å². The Balaban J connectivity index is 2.57. The Kier molecular flexibility index (Phi) is 5.03. The van der Waals surface area contributed by atoms with Crippen LogP contribution in [0.3, 0.4) is 0 Å². The van der Waals surface area contributed by atoms with Gasteiger partial charge in [-0.15, -0.1) is 0 Å². The number of rotatable bonds is 4. The van der Waals surface area contributed by atoms with Crippen molar-refractivity contribution in [2.24, 2.45) is 0 Å². The van der Waals surface area contributed by atoms with Crippen molar-refractivity contribution in [2.75, 3.05) is 33.4 Å². The highest BCUT2D eigenvalue weighted by molar-refractivity contribution is 4.87. The molecule has 3 heteroatoms. The highest BCUT2D eigenvalue weighted by Crippen LogP contribution is 2.15. The van der Waals surface area contributed by atoms with Crippen molar-refractivity contribution >= 4 is 0 Å². The van der Waals surface area contributed by atoms with Crippen LogP contribution < -0.4 is 5.32 Å².